The molecule has 19 heavy (non-hydrogen) atoms. The summed E-state index contributed by atoms with van der Waals surface area (Å²) in [7, 11) is 0. The van der Waals surface area contributed by atoms with Crippen molar-refractivity contribution in [3.05, 3.63) is 28.7 Å². The first-order valence-electron chi connectivity index (χ1n) is 5.57. The van der Waals surface area contributed by atoms with Crippen LogP contribution in [-0.4, -0.2) is 53.2 Å². The van der Waals surface area contributed by atoms with Gasteiger partial charge >= 0.3 is 0 Å². The molecule has 1 amide bonds. The van der Waals surface area contributed by atoms with Crippen molar-refractivity contribution in [2.45, 2.75) is 5.54 Å². The number of ether oxygens (including phenoxy) is 1. The number of hydrogen-bond donors (Lipinski definition) is 4. The fraction of sp³-hybridized carbons (Fsp3) is 0.417. The smallest absolute Gasteiger partial charge is 0.258 e. The fourth-order valence-electron chi connectivity index (χ4n) is 1.31. The quantitative estimate of drug-likeness (QED) is 0.547. The molecule has 0 saturated carbocycles. The topological polar surface area (TPSA) is 99.0 Å². The van der Waals surface area contributed by atoms with Crippen LogP contribution in [0.4, 0.5) is 0 Å². The molecule has 0 radical (unpaired) electrons. The minimum atomic E-state index is -1.43. The SMILES string of the molecule is O=C(COc1cccc(Br)c1)NC(CO)(CO)CO. The summed E-state index contributed by atoms with van der Waals surface area (Å²) in [6.07, 6.45) is 0. The van der Waals surface area contributed by atoms with Crippen LogP contribution in [-0.2, 0) is 4.79 Å². The predicted octanol–water partition coefficient (Wildman–Crippen LogP) is -0.340. The first-order valence-corrected chi connectivity index (χ1v) is 6.36. The summed E-state index contributed by atoms with van der Waals surface area (Å²) in [5, 5.41) is 29.5. The maximum absolute atomic E-state index is 11.6. The van der Waals surface area contributed by atoms with Crippen LogP contribution < -0.4 is 10.1 Å². The Bertz CT molecular complexity index is 414. The molecule has 7 heteroatoms. The predicted molar refractivity (Wildman–Crippen MR) is 71.8 cm³/mol. The molecule has 0 fully saturated rings. The molecule has 1 rings (SSSR count). The Hall–Kier alpha value is -1.15. The summed E-state index contributed by atoms with van der Waals surface area (Å²) in [4.78, 5) is 11.6. The molecule has 0 spiro atoms. The molecule has 0 atom stereocenters. The average molecular weight is 334 g/mol. The van der Waals surface area contributed by atoms with E-state index >= 15 is 0 Å². The lowest BCUT2D eigenvalue weighted by molar-refractivity contribution is -0.127. The number of halogens is 1. The number of benzene rings is 1. The number of hydrogen-bond acceptors (Lipinski definition) is 5. The van der Waals surface area contributed by atoms with Crippen molar-refractivity contribution >= 4 is 21.8 Å². The fourth-order valence-corrected chi connectivity index (χ4v) is 1.68. The largest absolute Gasteiger partial charge is 0.484 e. The third kappa shape index (κ3) is 4.79. The second-order valence-corrected chi connectivity index (χ2v) is 4.96. The van der Waals surface area contributed by atoms with E-state index in [2.05, 4.69) is 21.2 Å². The molecule has 0 aliphatic rings. The molecule has 1 aromatic carbocycles. The zero-order chi connectivity index (χ0) is 14.3. The highest BCUT2D eigenvalue weighted by Crippen LogP contribution is 2.17. The third-order valence-corrected chi connectivity index (χ3v) is 2.97. The lowest BCUT2D eigenvalue weighted by Gasteiger charge is -2.28. The number of nitrogens with one attached hydrogen (secondary N) is 1. The van der Waals surface area contributed by atoms with E-state index in [0.717, 1.165) is 4.47 Å². The summed E-state index contributed by atoms with van der Waals surface area (Å²) in [5.41, 5.74) is -1.43. The van der Waals surface area contributed by atoms with E-state index in [4.69, 9.17) is 20.1 Å². The van der Waals surface area contributed by atoms with Gasteiger partial charge in [-0.2, -0.15) is 0 Å². The summed E-state index contributed by atoms with van der Waals surface area (Å²) in [6, 6.07) is 6.97. The Morgan fingerprint density at radius 2 is 1.89 bits per heavy atom. The minimum absolute atomic E-state index is 0.280. The van der Waals surface area contributed by atoms with Crippen molar-refractivity contribution in [1.82, 2.24) is 5.32 Å². The van der Waals surface area contributed by atoms with Crippen molar-refractivity contribution in [3.63, 3.8) is 0 Å². The lowest BCUT2D eigenvalue weighted by atomic mass is 10.0. The normalized spacial score (nSPS) is 11.2. The van der Waals surface area contributed by atoms with Gasteiger partial charge in [0.2, 0.25) is 0 Å². The maximum Gasteiger partial charge on any atom is 0.258 e. The van der Waals surface area contributed by atoms with E-state index < -0.39 is 31.3 Å². The summed E-state index contributed by atoms with van der Waals surface area (Å²) in [6.45, 7) is -1.98. The number of carbonyl (C=O) groups excluding carboxylic acids is 1. The maximum atomic E-state index is 11.6. The molecule has 0 aliphatic heterocycles. The summed E-state index contributed by atoms with van der Waals surface area (Å²) >= 11 is 3.27. The van der Waals surface area contributed by atoms with E-state index in [1.165, 1.54) is 0 Å². The number of aliphatic hydroxyl groups excluding tert-OH is 3. The van der Waals surface area contributed by atoms with Crippen molar-refractivity contribution in [1.29, 1.82) is 0 Å². The second kappa shape index (κ2) is 7.44. The Labute approximate surface area is 119 Å². The monoisotopic (exact) mass is 333 g/mol. The summed E-state index contributed by atoms with van der Waals surface area (Å²) in [5.74, 6) is -0.0377. The van der Waals surface area contributed by atoms with E-state index in [9.17, 15) is 4.79 Å². The van der Waals surface area contributed by atoms with Gasteiger partial charge in [0.1, 0.15) is 11.3 Å². The molecule has 0 heterocycles. The van der Waals surface area contributed by atoms with Crippen LogP contribution in [0.25, 0.3) is 0 Å². The molecule has 4 N–H and O–H groups in total. The van der Waals surface area contributed by atoms with Gasteiger partial charge in [0.05, 0.1) is 19.8 Å². The van der Waals surface area contributed by atoms with Gasteiger partial charge < -0.3 is 25.4 Å². The zero-order valence-corrected chi connectivity index (χ0v) is 11.8. The molecule has 0 aliphatic carbocycles. The van der Waals surface area contributed by atoms with Crippen LogP contribution in [0.2, 0.25) is 0 Å². The van der Waals surface area contributed by atoms with Crippen molar-refractivity contribution in [2.75, 3.05) is 26.4 Å². The summed E-state index contributed by atoms with van der Waals surface area (Å²) < 4.78 is 6.06. The standard InChI is InChI=1S/C12H16BrNO5/c13-9-2-1-3-10(4-9)19-5-11(18)14-12(6-15,7-16)8-17/h1-4,15-17H,5-8H2,(H,14,18). The van der Waals surface area contributed by atoms with Crippen LogP contribution in [0.1, 0.15) is 0 Å². The van der Waals surface area contributed by atoms with Crippen molar-refractivity contribution in [3.8, 4) is 5.75 Å². The minimum Gasteiger partial charge on any atom is -0.484 e. The van der Waals surface area contributed by atoms with E-state index in [1.54, 1.807) is 18.2 Å². The van der Waals surface area contributed by atoms with Gasteiger partial charge in [0.15, 0.2) is 6.61 Å². The Balaban J connectivity index is 2.52. The highest BCUT2D eigenvalue weighted by atomic mass is 79.9. The van der Waals surface area contributed by atoms with Gasteiger partial charge in [-0.1, -0.05) is 22.0 Å². The zero-order valence-electron chi connectivity index (χ0n) is 10.2. The Morgan fingerprint density at radius 3 is 2.42 bits per heavy atom. The molecule has 0 bridgehead atoms. The van der Waals surface area contributed by atoms with Gasteiger partial charge in [-0.25, -0.2) is 0 Å². The molecule has 1 aromatic rings. The van der Waals surface area contributed by atoms with Gasteiger partial charge in [-0.05, 0) is 18.2 Å². The number of rotatable bonds is 7. The van der Waals surface area contributed by atoms with Gasteiger partial charge in [0, 0.05) is 4.47 Å². The Kier molecular flexibility index (Phi) is 6.23. The van der Waals surface area contributed by atoms with E-state index in [1.807, 2.05) is 6.07 Å². The average Bonchev–Trinajstić information content (AvgIpc) is 2.43. The molecular weight excluding hydrogens is 318 g/mol. The van der Waals surface area contributed by atoms with Crippen molar-refractivity contribution < 1.29 is 24.9 Å². The molecular formula is C12H16BrNO5. The lowest BCUT2D eigenvalue weighted by Crippen LogP contribution is -2.58. The second-order valence-electron chi connectivity index (χ2n) is 4.05. The van der Waals surface area contributed by atoms with Crippen LogP contribution >= 0.6 is 15.9 Å². The van der Waals surface area contributed by atoms with Crippen LogP contribution in [0.15, 0.2) is 28.7 Å². The molecule has 0 aromatic heterocycles. The highest BCUT2D eigenvalue weighted by molar-refractivity contribution is 9.10. The highest BCUT2D eigenvalue weighted by Gasteiger charge is 2.29. The van der Waals surface area contributed by atoms with Gasteiger partial charge in [-0.3, -0.25) is 4.79 Å². The number of carbonyl (C=O) groups is 1. The molecule has 106 valence electrons. The van der Waals surface area contributed by atoms with Crippen LogP contribution in [0.5, 0.6) is 5.75 Å². The van der Waals surface area contributed by atoms with Gasteiger partial charge in [-0.15, -0.1) is 0 Å². The van der Waals surface area contributed by atoms with E-state index in [-0.39, 0.29) is 6.61 Å². The molecule has 6 nitrogen and oxygen atoms in total. The Morgan fingerprint density at radius 1 is 1.26 bits per heavy atom. The third-order valence-electron chi connectivity index (χ3n) is 2.48. The van der Waals surface area contributed by atoms with Crippen molar-refractivity contribution in [2.24, 2.45) is 0 Å². The number of amides is 1. The van der Waals surface area contributed by atoms with Crippen LogP contribution in [0, 0.1) is 0 Å². The molecule has 0 unspecified atom stereocenters. The molecule has 0 saturated heterocycles. The van der Waals surface area contributed by atoms with Crippen LogP contribution in [0.3, 0.4) is 0 Å². The first-order chi connectivity index (χ1) is 9.05. The number of aliphatic hydroxyl groups is 3. The first kappa shape index (κ1) is 15.9. The van der Waals surface area contributed by atoms with E-state index in [0.29, 0.717) is 5.75 Å². The van der Waals surface area contributed by atoms with Gasteiger partial charge in [0.25, 0.3) is 5.91 Å².